The molecule has 0 unspecified atom stereocenters. The van der Waals surface area contributed by atoms with E-state index in [9.17, 15) is 18.4 Å². The largest absolute Gasteiger partial charge is 0.418 e. The molecule has 0 saturated heterocycles. The predicted molar refractivity (Wildman–Crippen MR) is 80.0 cm³/mol. The van der Waals surface area contributed by atoms with Crippen LogP contribution in [0.25, 0.3) is 11.3 Å². The van der Waals surface area contributed by atoms with Crippen LogP contribution < -0.4 is 5.73 Å². The van der Waals surface area contributed by atoms with Crippen molar-refractivity contribution in [2.45, 2.75) is 11.2 Å². The third kappa shape index (κ3) is 2.72. The van der Waals surface area contributed by atoms with Gasteiger partial charge in [0, 0.05) is 5.56 Å². The molecule has 0 aliphatic heterocycles. The van der Waals surface area contributed by atoms with E-state index in [4.69, 9.17) is 28.9 Å². The van der Waals surface area contributed by atoms with Crippen LogP contribution in [0, 0.1) is 11.3 Å². The first-order chi connectivity index (χ1) is 10.2. The molecule has 22 heavy (non-hydrogen) atoms. The highest BCUT2D eigenvalue weighted by molar-refractivity contribution is 7.98. The third-order valence-electron chi connectivity index (χ3n) is 2.85. The van der Waals surface area contributed by atoms with Gasteiger partial charge in [-0.05, 0) is 12.3 Å². The average Bonchev–Trinajstić information content (AvgIpc) is 2.84. The maximum absolute atomic E-state index is 12.9. The van der Waals surface area contributed by atoms with Gasteiger partial charge in [0.15, 0.2) is 0 Å². The quantitative estimate of drug-likeness (QED) is 0.602. The number of nitriles is 1. The fraction of sp³-hybridized carbons (Fsp3) is 0.167. The number of aromatic amines is 1. The topological polar surface area (TPSA) is 78.5 Å². The number of anilines is 1. The summed E-state index contributed by atoms with van der Waals surface area (Å²) in [5, 5.41) is 15.4. The second-order valence-electron chi connectivity index (χ2n) is 4.10. The van der Waals surface area contributed by atoms with Gasteiger partial charge >= 0.3 is 6.18 Å². The minimum absolute atomic E-state index is 0.0122. The molecule has 0 saturated carbocycles. The zero-order valence-corrected chi connectivity index (χ0v) is 13.2. The summed E-state index contributed by atoms with van der Waals surface area (Å²) in [5.74, 6) is 0. The summed E-state index contributed by atoms with van der Waals surface area (Å²) in [5.41, 5.74) is 3.96. The third-order valence-corrected chi connectivity index (χ3v) is 4.22. The number of rotatable bonds is 2. The maximum Gasteiger partial charge on any atom is 0.418 e. The lowest BCUT2D eigenvalue weighted by Gasteiger charge is -2.15. The van der Waals surface area contributed by atoms with Gasteiger partial charge in [0.1, 0.15) is 16.7 Å². The predicted octanol–water partition coefficient (Wildman–Crippen LogP) is 4.58. The highest BCUT2D eigenvalue weighted by Gasteiger charge is 2.36. The minimum atomic E-state index is -4.69. The van der Waals surface area contributed by atoms with E-state index < -0.39 is 17.4 Å². The smallest absolute Gasteiger partial charge is 0.397 e. The highest BCUT2D eigenvalue weighted by atomic mass is 35.5. The molecule has 0 bridgehead atoms. The fourth-order valence-corrected chi connectivity index (χ4v) is 2.99. The van der Waals surface area contributed by atoms with Crippen LogP contribution >= 0.6 is 35.0 Å². The Morgan fingerprint density at radius 3 is 2.55 bits per heavy atom. The van der Waals surface area contributed by atoms with E-state index in [-0.39, 0.29) is 26.9 Å². The highest BCUT2D eigenvalue weighted by Crippen LogP contribution is 2.46. The average molecular weight is 367 g/mol. The standard InChI is InChI=1S/C12H7Cl2F3N4S/c1-22-11-4(3-18)10(20-21-11)7-6(13)2-5(12(15,16)17)9(19)8(7)14/h2H,19H2,1H3,(H,20,21). The van der Waals surface area contributed by atoms with Gasteiger partial charge in [-0.2, -0.15) is 23.5 Å². The van der Waals surface area contributed by atoms with Crippen molar-refractivity contribution < 1.29 is 13.2 Å². The zero-order valence-electron chi connectivity index (χ0n) is 10.8. The molecule has 10 heteroatoms. The van der Waals surface area contributed by atoms with Gasteiger partial charge in [-0.3, -0.25) is 5.10 Å². The van der Waals surface area contributed by atoms with Crippen molar-refractivity contribution in [1.82, 2.24) is 10.2 Å². The fourth-order valence-electron chi connectivity index (χ4n) is 1.86. The van der Waals surface area contributed by atoms with Crippen LogP contribution in [-0.2, 0) is 6.18 Å². The molecule has 0 radical (unpaired) electrons. The summed E-state index contributed by atoms with van der Waals surface area (Å²) >= 11 is 13.1. The van der Waals surface area contributed by atoms with Crippen LogP contribution in [0.5, 0.6) is 0 Å². The molecule has 116 valence electrons. The summed E-state index contributed by atoms with van der Waals surface area (Å²) in [6.07, 6.45) is -2.99. The first kappa shape index (κ1) is 16.8. The van der Waals surface area contributed by atoms with E-state index in [1.807, 2.05) is 6.07 Å². The number of nitrogen functional groups attached to an aromatic ring is 1. The SMILES string of the molecule is CSc1n[nH]c(-c2c(Cl)cc(C(F)(F)F)c(N)c2Cl)c1C#N. The van der Waals surface area contributed by atoms with Crippen molar-refractivity contribution in [1.29, 1.82) is 5.26 Å². The van der Waals surface area contributed by atoms with E-state index >= 15 is 0 Å². The molecular formula is C12H7Cl2F3N4S. The van der Waals surface area contributed by atoms with Crippen molar-refractivity contribution >= 4 is 40.7 Å². The van der Waals surface area contributed by atoms with Crippen molar-refractivity contribution in [2.75, 3.05) is 12.0 Å². The van der Waals surface area contributed by atoms with Crippen LogP contribution in [0.3, 0.4) is 0 Å². The number of thioether (sulfide) groups is 1. The van der Waals surface area contributed by atoms with Crippen molar-refractivity contribution in [2.24, 2.45) is 0 Å². The Labute approximate surface area is 137 Å². The number of halogens is 5. The molecule has 0 atom stereocenters. The van der Waals surface area contributed by atoms with Gasteiger partial charge in [-0.25, -0.2) is 0 Å². The van der Waals surface area contributed by atoms with E-state index in [1.165, 1.54) is 11.8 Å². The summed E-state index contributed by atoms with van der Waals surface area (Å²) in [6, 6.07) is 2.60. The van der Waals surface area contributed by atoms with Gasteiger partial charge < -0.3 is 5.73 Å². The summed E-state index contributed by atoms with van der Waals surface area (Å²) in [4.78, 5) is 0. The van der Waals surface area contributed by atoms with E-state index in [2.05, 4.69) is 10.2 Å². The van der Waals surface area contributed by atoms with Crippen LogP contribution in [0.2, 0.25) is 10.0 Å². The number of aromatic nitrogens is 2. The van der Waals surface area contributed by atoms with Crippen molar-refractivity contribution in [3.63, 3.8) is 0 Å². The first-order valence-electron chi connectivity index (χ1n) is 5.59. The Balaban J connectivity index is 2.77. The number of nitrogens with one attached hydrogen (secondary N) is 1. The van der Waals surface area contributed by atoms with Crippen molar-refractivity contribution in [3.05, 3.63) is 27.2 Å². The molecule has 0 aliphatic carbocycles. The molecule has 0 fully saturated rings. The molecule has 2 aromatic rings. The summed E-state index contributed by atoms with van der Waals surface area (Å²) in [6.45, 7) is 0. The van der Waals surface area contributed by atoms with Crippen LogP contribution in [0.15, 0.2) is 11.1 Å². The molecule has 0 amide bonds. The molecule has 0 spiro atoms. The Morgan fingerprint density at radius 1 is 1.41 bits per heavy atom. The Morgan fingerprint density at radius 2 is 2.05 bits per heavy atom. The lowest BCUT2D eigenvalue weighted by Crippen LogP contribution is -2.10. The second-order valence-corrected chi connectivity index (χ2v) is 5.68. The van der Waals surface area contributed by atoms with Crippen LogP contribution in [0.4, 0.5) is 18.9 Å². The number of hydrogen-bond acceptors (Lipinski definition) is 4. The first-order valence-corrected chi connectivity index (χ1v) is 7.57. The normalized spacial score (nSPS) is 11.5. The Hall–Kier alpha value is -1.56. The molecule has 4 nitrogen and oxygen atoms in total. The molecule has 1 aromatic carbocycles. The second kappa shape index (κ2) is 5.91. The van der Waals surface area contributed by atoms with E-state index in [0.29, 0.717) is 11.1 Å². The van der Waals surface area contributed by atoms with Crippen LogP contribution in [-0.4, -0.2) is 16.5 Å². The van der Waals surface area contributed by atoms with Gasteiger partial charge in [-0.15, -0.1) is 11.8 Å². The van der Waals surface area contributed by atoms with E-state index in [0.717, 1.165) is 0 Å². The molecule has 1 heterocycles. The number of nitrogens with zero attached hydrogens (tertiary/aromatic N) is 2. The molecule has 0 aliphatic rings. The summed E-state index contributed by atoms with van der Waals surface area (Å²) < 4.78 is 38.6. The van der Waals surface area contributed by atoms with Crippen LogP contribution in [0.1, 0.15) is 11.1 Å². The molecule has 3 N–H and O–H groups in total. The van der Waals surface area contributed by atoms with Gasteiger partial charge in [0.05, 0.1) is 27.0 Å². The lowest BCUT2D eigenvalue weighted by atomic mass is 10.0. The van der Waals surface area contributed by atoms with Gasteiger partial charge in [0.25, 0.3) is 0 Å². The number of benzene rings is 1. The van der Waals surface area contributed by atoms with E-state index in [1.54, 1.807) is 6.26 Å². The lowest BCUT2D eigenvalue weighted by molar-refractivity contribution is -0.136. The zero-order chi connectivity index (χ0) is 16.7. The maximum atomic E-state index is 12.9. The number of H-pyrrole nitrogens is 1. The number of alkyl halides is 3. The van der Waals surface area contributed by atoms with Gasteiger partial charge in [-0.1, -0.05) is 23.2 Å². The molecule has 1 aromatic heterocycles. The Bertz CT molecular complexity index is 780. The monoisotopic (exact) mass is 366 g/mol. The van der Waals surface area contributed by atoms with Crippen molar-refractivity contribution in [3.8, 4) is 17.3 Å². The number of hydrogen-bond donors (Lipinski definition) is 2. The molecular weight excluding hydrogens is 360 g/mol. The molecule has 2 rings (SSSR count). The Kier molecular flexibility index (Phi) is 4.52. The van der Waals surface area contributed by atoms with Gasteiger partial charge in [0.2, 0.25) is 0 Å². The summed E-state index contributed by atoms with van der Waals surface area (Å²) in [7, 11) is 0. The number of nitrogens with two attached hydrogens (primary N) is 1. The minimum Gasteiger partial charge on any atom is -0.397 e.